The van der Waals surface area contributed by atoms with E-state index < -0.39 is 0 Å². The van der Waals surface area contributed by atoms with Gasteiger partial charge < -0.3 is 8.98 Å². The summed E-state index contributed by atoms with van der Waals surface area (Å²) >= 11 is 0. The van der Waals surface area contributed by atoms with E-state index in [1.807, 2.05) is 61.1 Å². The Labute approximate surface area is 230 Å². The number of nitrogens with zero attached hydrogens (tertiary/aromatic N) is 4. The lowest BCUT2D eigenvalue weighted by Crippen LogP contribution is -1.95. The zero-order chi connectivity index (χ0) is 26.5. The number of oxazole rings is 1. The topological polar surface area (TPSA) is 56.7 Å². The molecule has 4 heterocycles. The van der Waals surface area contributed by atoms with E-state index in [2.05, 4.69) is 82.3 Å². The molecule has 0 bridgehead atoms. The number of fused-ring (bicyclic) bond motifs is 4. The Morgan fingerprint density at radius 2 is 1.38 bits per heavy atom. The van der Waals surface area contributed by atoms with Gasteiger partial charge in [-0.3, -0.25) is 9.97 Å². The van der Waals surface area contributed by atoms with Crippen LogP contribution < -0.4 is 0 Å². The van der Waals surface area contributed by atoms with Crippen LogP contribution in [0.4, 0.5) is 0 Å². The van der Waals surface area contributed by atoms with Crippen molar-refractivity contribution in [2.45, 2.75) is 0 Å². The largest absolute Gasteiger partial charge is 0.436 e. The molecule has 0 aliphatic heterocycles. The first-order valence-electron chi connectivity index (χ1n) is 13.2. The van der Waals surface area contributed by atoms with Crippen LogP contribution in [0.5, 0.6) is 0 Å². The first-order valence-corrected chi connectivity index (χ1v) is 13.2. The maximum absolute atomic E-state index is 6.11. The van der Waals surface area contributed by atoms with Gasteiger partial charge in [0.05, 0.1) is 16.7 Å². The summed E-state index contributed by atoms with van der Waals surface area (Å²) in [5.74, 6) is 0.616. The minimum absolute atomic E-state index is 0.616. The molecule has 0 atom stereocenters. The molecule has 8 rings (SSSR count). The standard InChI is InChI=1S/C35H22N4O/c1-3-10-32-28(8-1)29-13-12-26(35-38-30-9-2-4-11-34(30)40-35)22-33(29)39(32)27-7-5-6-25(20-27)31-21-24(16-19-37-31)23-14-17-36-18-15-23/h1-22H. The molecule has 4 aromatic heterocycles. The summed E-state index contributed by atoms with van der Waals surface area (Å²) in [6.45, 7) is 0. The lowest BCUT2D eigenvalue weighted by molar-refractivity contribution is 0.620. The summed E-state index contributed by atoms with van der Waals surface area (Å²) < 4.78 is 8.43. The van der Waals surface area contributed by atoms with Gasteiger partial charge in [0.15, 0.2) is 5.58 Å². The van der Waals surface area contributed by atoms with Crippen LogP contribution in [0.1, 0.15) is 0 Å². The van der Waals surface area contributed by atoms with Gasteiger partial charge in [0.2, 0.25) is 5.89 Å². The van der Waals surface area contributed by atoms with Gasteiger partial charge in [0.1, 0.15) is 5.52 Å². The minimum Gasteiger partial charge on any atom is -0.436 e. The van der Waals surface area contributed by atoms with Crippen molar-refractivity contribution in [1.29, 1.82) is 0 Å². The molecular weight excluding hydrogens is 492 g/mol. The van der Waals surface area contributed by atoms with Crippen LogP contribution in [0.15, 0.2) is 138 Å². The zero-order valence-corrected chi connectivity index (χ0v) is 21.4. The maximum atomic E-state index is 6.11. The summed E-state index contributed by atoms with van der Waals surface area (Å²) in [6, 6.07) is 39.6. The van der Waals surface area contributed by atoms with Crippen molar-refractivity contribution in [3.8, 4) is 39.5 Å². The number of pyridine rings is 2. The van der Waals surface area contributed by atoms with Crippen molar-refractivity contribution >= 4 is 32.9 Å². The predicted octanol–water partition coefficient (Wildman–Crippen LogP) is 8.72. The van der Waals surface area contributed by atoms with Crippen LogP contribution in [0.25, 0.3) is 72.4 Å². The summed E-state index contributed by atoms with van der Waals surface area (Å²) in [5, 5.41) is 2.38. The van der Waals surface area contributed by atoms with E-state index in [1.165, 1.54) is 10.8 Å². The lowest BCUT2D eigenvalue weighted by atomic mass is 10.0. The number of hydrogen-bond acceptors (Lipinski definition) is 4. The number of aromatic nitrogens is 4. The monoisotopic (exact) mass is 514 g/mol. The van der Waals surface area contributed by atoms with E-state index in [4.69, 9.17) is 14.4 Å². The highest BCUT2D eigenvalue weighted by molar-refractivity contribution is 6.10. The van der Waals surface area contributed by atoms with Gasteiger partial charge in [-0.25, -0.2) is 4.98 Å². The first-order chi connectivity index (χ1) is 19.8. The molecule has 0 aliphatic rings. The highest BCUT2D eigenvalue weighted by Gasteiger charge is 2.16. The van der Waals surface area contributed by atoms with Gasteiger partial charge in [-0.2, -0.15) is 0 Å². The number of rotatable bonds is 4. The molecule has 0 N–H and O–H groups in total. The van der Waals surface area contributed by atoms with E-state index >= 15 is 0 Å². The molecule has 0 amide bonds. The van der Waals surface area contributed by atoms with Crippen LogP contribution in [0, 0.1) is 0 Å². The first kappa shape index (κ1) is 22.4. The minimum atomic E-state index is 0.616. The fraction of sp³-hybridized carbons (Fsp3) is 0. The van der Waals surface area contributed by atoms with Crippen molar-refractivity contribution < 1.29 is 4.42 Å². The van der Waals surface area contributed by atoms with Gasteiger partial charge in [0, 0.05) is 46.2 Å². The van der Waals surface area contributed by atoms with E-state index in [0.717, 1.165) is 55.8 Å². The average molecular weight is 515 g/mol. The van der Waals surface area contributed by atoms with Crippen molar-refractivity contribution in [2.24, 2.45) is 0 Å². The summed E-state index contributed by atoms with van der Waals surface area (Å²) in [4.78, 5) is 13.6. The molecule has 0 saturated carbocycles. The molecular formula is C35H22N4O. The number of benzene rings is 4. The number of hydrogen-bond donors (Lipinski definition) is 0. The molecule has 8 aromatic rings. The molecule has 5 nitrogen and oxygen atoms in total. The molecule has 0 unspecified atom stereocenters. The van der Waals surface area contributed by atoms with Crippen molar-refractivity contribution in [2.75, 3.05) is 0 Å². The Kier molecular flexibility index (Phi) is 5.07. The molecule has 188 valence electrons. The highest BCUT2D eigenvalue weighted by Crippen LogP contribution is 2.36. The second kappa shape index (κ2) is 9.03. The normalized spacial score (nSPS) is 11.5. The van der Waals surface area contributed by atoms with Gasteiger partial charge in [-0.15, -0.1) is 0 Å². The Morgan fingerprint density at radius 1 is 0.550 bits per heavy atom. The smallest absolute Gasteiger partial charge is 0.227 e. The molecule has 5 heteroatoms. The Morgan fingerprint density at radius 3 is 2.30 bits per heavy atom. The second-order valence-electron chi connectivity index (χ2n) is 9.79. The predicted molar refractivity (Wildman–Crippen MR) is 160 cm³/mol. The molecule has 0 saturated heterocycles. The van der Waals surface area contributed by atoms with Crippen molar-refractivity contribution in [3.05, 3.63) is 134 Å². The van der Waals surface area contributed by atoms with Gasteiger partial charge in [0.25, 0.3) is 0 Å². The Bertz CT molecular complexity index is 2140. The fourth-order valence-electron chi connectivity index (χ4n) is 5.49. The van der Waals surface area contributed by atoms with Gasteiger partial charge in [-0.05, 0) is 77.9 Å². The van der Waals surface area contributed by atoms with Crippen molar-refractivity contribution in [1.82, 2.24) is 19.5 Å². The second-order valence-corrected chi connectivity index (χ2v) is 9.79. The molecule has 0 fully saturated rings. The molecule has 40 heavy (non-hydrogen) atoms. The van der Waals surface area contributed by atoms with Crippen molar-refractivity contribution in [3.63, 3.8) is 0 Å². The summed E-state index contributed by atoms with van der Waals surface area (Å²) in [5.41, 5.74) is 10.1. The van der Waals surface area contributed by atoms with E-state index in [0.29, 0.717) is 5.89 Å². The Balaban J connectivity index is 1.30. The van der Waals surface area contributed by atoms with E-state index in [9.17, 15) is 0 Å². The molecule has 4 aromatic carbocycles. The molecule has 0 spiro atoms. The highest BCUT2D eigenvalue weighted by atomic mass is 16.3. The molecule has 0 aliphatic carbocycles. The third-order valence-electron chi connectivity index (χ3n) is 7.39. The van der Waals surface area contributed by atoms with Gasteiger partial charge in [-0.1, -0.05) is 48.5 Å². The summed E-state index contributed by atoms with van der Waals surface area (Å²) in [6.07, 6.45) is 5.49. The summed E-state index contributed by atoms with van der Waals surface area (Å²) in [7, 11) is 0. The number of para-hydroxylation sites is 3. The van der Waals surface area contributed by atoms with Crippen LogP contribution in [0.3, 0.4) is 0 Å². The van der Waals surface area contributed by atoms with Crippen LogP contribution in [-0.2, 0) is 0 Å². The fourth-order valence-corrected chi connectivity index (χ4v) is 5.49. The Hall–Kier alpha value is -5.55. The average Bonchev–Trinajstić information content (AvgIpc) is 3.61. The third kappa shape index (κ3) is 3.68. The van der Waals surface area contributed by atoms with E-state index in [1.54, 1.807) is 0 Å². The lowest BCUT2D eigenvalue weighted by Gasteiger charge is -2.11. The molecule has 0 radical (unpaired) electrons. The third-order valence-corrected chi connectivity index (χ3v) is 7.39. The maximum Gasteiger partial charge on any atom is 0.227 e. The van der Waals surface area contributed by atoms with Gasteiger partial charge >= 0.3 is 0 Å². The van der Waals surface area contributed by atoms with Crippen LogP contribution in [-0.4, -0.2) is 19.5 Å². The zero-order valence-electron chi connectivity index (χ0n) is 21.4. The SMILES string of the molecule is c1cc(-c2cc(-c3ccncc3)ccn2)cc(-n2c3ccccc3c3ccc(-c4nc5ccccc5o4)cc32)c1. The van der Waals surface area contributed by atoms with Crippen LogP contribution in [0.2, 0.25) is 0 Å². The van der Waals surface area contributed by atoms with E-state index in [-0.39, 0.29) is 0 Å². The quantitative estimate of drug-likeness (QED) is 0.236. The van der Waals surface area contributed by atoms with Crippen LogP contribution >= 0.6 is 0 Å².